The van der Waals surface area contributed by atoms with Crippen molar-refractivity contribution in [2.75, 3.05) is 4.90 Å². The molecule has 1 aromatic heterocycles. The van der Waals surface area contributed by atoms with Crippen LogP contribution in [0.1, 0.15) is 35.0 Å². The highest BCUT2D eigenvalue weighted by molar-refractivity contribution is 6.06. The smallest absolute Gasteiger partial charge is 0.352 e. The van der Waals surface area contributed by atoms with Crippen molar-refractivity contribution in [3.05, 3.63) is 58.9 Å². The van der Waals surface area contributed by atoms with Crippen LogP contribution in [0.25, 0.3) is 0 Å². The highest BCUT2D eigenvalue weighted by Gasteiger charge is 2.55. The number of benzene rings is 1. The summed E-state index contributed by atoms with van der Waals surface area (Å²) in [5.41, 5.74) is -2.84. The number of rotatable bonds is 5. The summed E-state index contributed by atoms with van der Waals surface area (Å²) in [4.78, 5) is 16.4. The number of alkyl halides is 6. The molecule has 4 nitrogen and oxygen atoms in total. The van der Waals surface area contributed by atoms with E-state index in [0.29, 0.717) is 4.90 Å². The van der Waals surface area contributed by atoms with Gasteiger partial charge in [-0.1, -0.05) is 18.2 Å². The number of fused-ring (bicyclic) bond motifs is 1. The third kappa shape index (κ3) is 3.25. The van der Waals surface area contributed by atoms with Crippen LogP contribution in [0, 0.1) is 0 Å². The first kappa shape index (κ1) is 19.2. The molecule has 1 unspecified atom stereocenters. The van der Waals surface area contributed by atoms with Crippen molar-refractivity contribution in [3.63, 3.8) is 0 Å². The van der Waals surface area contributed by atoms with Gasteiger partial charge in [0.15, 0.2) is 0 Å². The van der Waals surface area contributed by atoms with E-state index < -0.39 is 54.2 Å². The molecule has 1 amide bonds. The van der Waals surface area contributed by atoms with Crippen LogP contribution in [0.15, 0.2) is 36.4 Å². The largest absolute Gasteiger partial charge is 0.382 e. The Kier molecular flexibility index (Phi) is 4.85. The third-order valence-corrected chi connectivity index (χ3v) is 4.12. The normalized spacial score (nSPS) is 16.9. The molecule has 0 aliphatic carbocycles. The number of halogens is 6. The van der Waals surface area contributed by atoms with Crippen molar-refractivity contribution in [1.82, 2.24) is 4.98 Å². The lowest BCUT2D eigenvalue weighted by Gasteiger charge is -2.18. The number of hydrogen-bond donors (Lipinski definition) is 1. The summed E-state index contributed by atoms with van der Waals surface area (Å²) in [5.74, 6) is -5.86. The summed E-state index contributed by atoms with van der Waals surface area (Å²) in [6.07, 6.45) is -8.72. The first-order chi connectivity index (χ1) is 12.6. The van der Waals surface area contributed by atoms with Gasteiger partial charge in [-0.15, -0.1) is 0 Å². The van der Waals surface area contributed by atoms with Gasteiger partial charge < -0.3 is 10.0 Å². The van der Waals surface area contributed by atoms with Gasteiger partial charge in [0.25, 0.3) is 12.9 Å². The van der Waals surface area contributed by atoms with Crippen LogP contribution in [-0.4, -0.2) is 22.4 Å². The summed E-state index contributed by atoms with van der Waals surface area (Å²) in [6, 6.07) is 6.68. The van der Waals surface area contributed by atoms with Gasteiger partial charge in [-0.2, -0.15) is 8.78 Å². The van der Waals surface area contributed by atoms with Gasteiger partial charge in [0.2, 0.25) is 0 Å². The minimum atomic E-state index is -4.15. The number of nitrogens with zero attached hydrogens (tertiary/aromatic N) is 2. The van der Waals surface area contributed by atoms with Crippen LogP contribution in [0.5, 0.6) is 0 Å². The molecular weight excluding hydrogens is 378 g/mol. The van der Waals surface area contributed by atoms with Crippen molar-refractivity contribution in [2.45, 2.75) is 31.4 Å². The number of amides is 1. The van der Waals surface area contributed by atoms with E-state index in [-0.39, 0.29) is 11.4 Å². The molecule has 1 atom stereocenters. The number of pyridine rings is 1. The van der Waals surface area contributed by atoms with Crippen molar-refractivity contribution in [2.24, 2.45) is 0 Å². The molecule has 1 aliphatic heterocycles. The SMILES string of the molecule is O=C1N(Cc2cccc(C(F)F)n2)c2cccc(C(O)C(F)F)c2C1(F)F. The number of carbonyl (C=O) groups is 1. The lowest BCUT2D eigenvalue weighted by molar-refractivity contribution is -0.142. The lowest BCUT2D eigenvalue weighted by Crippen LogP contribution is -2.34. The highest BCUT2D eigenvalue weighted by Crippen LogP contribution is 2.48. The second-order valence-electron chi connectivity index (χ2n) is 5.84. The first-order valence-electron chi connectivity index (χ1n) is 7.68. The molecule has 2 aromatic rings. The maximum Gasteiger partial charge on any atom is 0.352 e. The standard InChI is InChI=1S/C17H12F6N2O2/c18-14(19)10-5-1-3-8(24-10)7-25-11-6-2-4-9(13(26)15(20)21)12(11)17(22,23)16(25)27/h1-6,13-15,26H,7H2. The molecule has 10 heteroatoms. The van der Waals surface area contributed by atoms with E-state index in [2.05, 4.69) is 4.98 Å². The number of aromatic nitrogens is 1. The molecule has 144 valence electrons. The Balaban J connectivity index is 2.05. The second-order valence-corrected chi connectivity index (χ2v) is 5.84. The van der Waals surface area contributed by atoms with Crippen LogP contribution in [0.4, 0.5) is 32.0 Å². The van der Waals surface area contributed by atoms with Gasteiger partial charge in [-0.25, -0.2) is 22.5 Å². The number of aliphatic hydroxyl groups is 1. The van der Waals surface area contributed by atoms with E-state index in [9.17, 15) is 36.2 Å². The van der Waals surface area contributed by atoms with E-state index >= 15 is 0 Å². The molecule has 27 heavy (non-hydrogen) atoms. The Morgan fingerprint density at radius 1 is 1.07 bits per heavy atom. The van der Waals surface area contributed by atoms with Gasteiger partial charge in [0.05, 0.1) is 23.5 Å². The zero-order valence-electron chi connectivity index (χ0n) is 13.4. The quantitative estimate of drug-likeness (QED) is 0.787. The van der Waals surface area contributed by atoms with Crippen molar-refractivity contribution in [3.8, 4) is 0 Å². The van der Waals surface area contributed by atoms with Crippen molar-refractivity contribution >= 4 is 11.6 Å². The Morgan fingerprint density at radius 3 is 2.37 bits per heavy atom. The Labute approximate surface area is 149 Å². The van der Waals surface area contributed by atoms with Crippen LogP contribution < -0.4 is 4.90 Å². The Morgan fingerprint density at radius 2 is 1.74 bits per heavy atom. The first-order valence-corrected chi connectivity index (χ1v) is 7.68. The monoisotopic (exact) mass is 390 g/mol. The van der Waals surface area contributed by atoms with Crippen LogP contribution >= 0.6 is 0 Å². The predicted octanol–water partition coefficient (Wildman–Crippen LogP) is 3.96. The summed E-state index contributed by atoms with van der Waals surface area (Å²) in [7, 11) is 0. The Bertz CT molecular complexity index is 874. The van der Waals surface area contributed by atoms with Gasteiger partial charge in [-0.05, 0) is 23.8 Å². The summed E-state index contributed by atoms with van der Waals surface area (Å²) >= 11 is 0. The molecule has 0 fully saturated rings. The van der Waals surface area contributed by atoms with Gasteiger partial charge >= 0.3 is 11.8 Å². The number of carbonyl (C=O) groups excluding carboxylic acids is 1. The minimum absolute atomic E-state index is 0.0791. The number of hydrogen-bond acceptors (Lipinski definition) is 3. The van der Waals surface area contributed by atoms with Crippen LogP contribution in [0.3, 0.4) is 0 Å². The van der Waals surface area contributed by atoms with E-state index in [1.165, 1.54) is 12.1 Å². The predicted molar refractivity (Wildman–Crippen MR) is 81.7 cm³/mol. The van der Waals surface area contributed by atoms with Crippen molar-refractivity contribution in [1.29, 1.82) is 0 Å². The van der Waals surface area contributed by atoms with Gasteiger partial charge in [0.1, 0.15) is 11.8 Å². The summed E-state index contributed by atoms with van der Waals surface area (Å²) < 4.78 is 80.1. The van der Waals surface area contributed by atoms with Crippen molar-refractivity contribution < 1.29 is 36.2 Å². The molecule has 0 saturated heterocycles. The van der Waals surface area contributed by atoms with E-state index in [1.54, 1.807) is 0 Å². The highest BCUT2D eigenvalue weighted by atomic mass is 19.3. The van der Waals surface area contributed by atoms with Crippen LogP contribution in [-0.2, 0) is 17.3 Å². The molecule has 1 aliphatic rings. The fourth-order valence-corrected chi connectivity index (χ4v) is 2.92. The minimum Gasteiger partial charge on any atom is -0.382 e. The maximum atomic E-state index is 14.5. The molecule has 1 aromatic carbocycles. The zero-order valence-corrected chi connectivity index (χ0v) is 13.4. The summed E-state index contributed by atoms with van der Waals surface area (Å²) in [5, 5.41) is 9.55. The van der Waals surface area contributed by atoms with Gasteiger partial charge in [0, 0.05) is 0 Å². The average Bonchev–Trinajstić information content (AvgIpc) is 2.82. The Hall–Kier alpha value is -2.62. The fraction of sp³-hybridized carbons (Fsp3) is 0.294. The van der Waals surface area contributed by atoms with Crippen LogP contribution in [0.2, 0.25) is 0 Å². The second kappa shape index (κ2) is 6.84. The third-order valence-electron chi connectivity index (χ3n) is 4.12. The average molecular weight is 390 g/mol. The summed E-state index contributed by atoms with van der Waals surface area (Å²) in [6.45, 7) is -0.559. The molecule has 1 N–H and O–H groups in total. The topological polar surface area (TPSA) is 53.4 Å². The molecule has 2 heterocycles. The van der Waals surface area contributed by atoms with Gasteiger partial charge in [-0.3, -0.25) is 4.79 Å². The maximum absolute atomic E-state index is 14.5. The molecule has 0 radical (unpaired) electrons. The molecule has 0 saturated carbocycles. The zero-order chi connectivity index (χ0) is 19.9. The molecule has 0 bridgehead atoms. The van der Waals surface area contributed by atoms with E-state index in [1.807, 2.05) is 0 Å². The number of aliphatic hydroxyl groups excluding tert-OH is 1. The molecular formula is C17H12F6N2O2. The number of anilines is 1. The fourth-order valence-electron chi connectivity index (χ4n) is 2.92. The molecule has 3 rings (SSSR count). The lowest BCUT2D eigenvalue weighted by atomic mass is 9.98. The van der Waals surface area contributed by atoms with E-state index in [4.69, 9.17) is 0 Å². The molecule has 0 spiro atoms. The van der Waals surface area contributed by atoms with E-state index in [0.717, 1.165) is 24.3 Å².